The van der Waals surface area contributed by atoms with Gasteiger partial charge < -0.3 is 4.74 Å². The molecule has 1 aliphatic rings. The number of hydrogen-bond donors (Lipinski definition) is 0. The van der Waals surface area contributed by atoms with E-state index in [1.165, 1.54) is 0 Å². The monoisotopic (exact) mass is 174 g/mol. The molecule has 1 unspecified atom stereocenters. The predicted molar refractivity (Wildman–Crippen MR) is 47.5 cm³/mol. The smallest absolute Gasteiger partial charge is 0.147 e. The minimum Gasteiger partial charge on any atom is -0.493 e. The molecule has 0 spiro atoms. The molecular formula is C10H10N2O. The molecule has 0 radical (unpaired) electrons. The second kappa shape index (κ2) is 3.06. The van der Waals surface area contributed by atoms with Crippen molar-refractivity contribution in [1.29, 1.82) is 5.26 Å². The van der Waals surface area contributed by atoms with Gasteiger partial charge in [-0.1, -0.05) is 6.92 Å². The van der Waals surface area contributed by atoms with E-state index in [0.717, 1.165) is 24.3 Å². The molecule has 2 rings (SSSR count). The van der Waals surface area contributed by atoms with Crippen LogP contribution in [0.2, 0.25) is 0 Å². The van der Waals surface area contributed by atoms with Crippen LogP contribution >= 0.6 is 0 Å². The van der Waals surface area contributed by atoms with Crippen molar-refractivity contribution in [3.63, 3.8) is 0 Å². The molecule has 2 heterocycles. The fourth-order valence-corrected chi connectivity index (χ4v) is 1.64. The first-order chi connectivity index (χ1) is 6.33. The van der Waals surface area contributed by atoms with Gasteiger partial charge in [-0.3, -0.25) is 0 Å². The number of aromatic nitrogens is 1. The van der Waals surface area contributed by atoms with Crippen LogP contribution in [0.15, 0.2) is 12.3 Å². The van der Waals surface area contributed by atoms with E-state index < -0.39 is 0 Å². The molecule has 0 N–H and O–H groups in total. The summed E-state index contributed by atoms with van der Waals surface area (Å²) in [6.45, 7) is 2.84. The van der Waals surface area contributed by atoms with E-state index in [1.807, 2.05) is 6.07 Å². The second-order valence-electron chi connectivity index (χ2n) is 3.22. The van der Waals surface area contributed by atoms with Crippen LogP contribution in [0.3, 0.4) is 0 Å². The topological polar surface area (TPSA) is 45.9 Å². The van der Waals surface area contributed by atoms with Crippen molar-refractivity contribution in [3.8, 4) is 11.8 Å². The number of nitriles is 1. The van der Waals surface area contributed by atoms with Crippen molar-refractivity contribution >= 4 is 0 Å². The van der Waals surface area contributed by atoms with E-state index in [2.05, 4.69) is 18.0 Å². The molecule has 1 aliphatic heterocycles. The highest BCUT2D eigenvalue weighted by molar-refractivity contribution is 5.45. The first-order valence-corrected chi connectivity index (χ1v) is 4.34. The van der Waals surface area contributed by atoms with Crippen molar-refractivity contribution in [1.82, 2.24) is 4.98 Å². The van der Waals surface area contributed by atoms with Crippen molar-refractivity contribution in [2.24, 2.45) is 0 Å². The normalized spacial score (nSPS) is 19.8. The molecule has 0 aliphatic carbocycles. The van der Waals surface area contributed by atoms with Crippen LogP contribution in [-0.2, 0) is 0 Å². The lowest BCUT2D eigenvalue weighted by atomic mass is 9.94. The molecular weight excluding hydrogens is 164 g/mol. The summed E-state index contributed by atoms with van der Waals surface area (Å²) < 4.78 is 5.45. The molecule has 1 aromatic rings. The maximum Gasteiger partial charge on any atom is 0.147 e. The summed E-state index contributed by atoms with van der Waals surface area (Å²) in [5.74, 6) is 1.21. The fraction of sp³-hybridized carbons (Fsp3) is 0.400. The number of fused-ring (bicyclic) bond motifs is 1. The van der Waals surface area contributed by atoms with Crippen LogP contribution in [0.1, 0.15) is 30.5 Å². The van der Waals surface area contributed by atoms with Gasteiger partial charge >= 0.3 is 0 Å². The Morgan fingerprint density at radius 3 is 3.31 bits per heavy atom. The Kier molecular flexibility index (Phi) is 1.90. The molecule has 0 bridgehead atoms. The van der Waals surface area contributed by atoms with Crippen molar-refractivity contribution in [2.75, 3.05) is 6.61 Å². The van der Waals surface area contributed by atoms with Gasteiger partial charge in [0.1, 0.15) is 17.5 Å². The minimum atomic E-state index is 0.382. The Morgan fingerprint density at radius 1 is 1.69 bits per heavy atom. The van der Waals surface area contributed by atoms with E-state index >= 15 is 0 Å². The zero-order valence-electron chi connectivity index (χ0n) is 7.45. The second-order valence-corrected chi connectivity index (χ2v) is 3.22. The molecule has 66 valence electrons. The van der Waals surface area contributed by atoms with Gasteiger partial charge in [-0.15, -0.1) is 0 Å². The molecule has 0 aromatic carbocycles. The van der Waals surface area contributed by atoms with Crippen LogP contribution < -0.4 is 4.74 Å². The largest absolute Gasteiger partial charge is 0.493 e. The Morgan fingerprint density at radius 2 is 2.54 bits per heavy atom. The van der Waals surface area contributed by atoms with Gasteiger partial charge in [0, 0.05) is 11.8 Å². The van der Waals surface area contributed by atoms with Crippen molar-refractivity contribution in [3.05, 3.63) is 23.5 Å². The molecule has 1 atom stereocenters. The van der Waals surface area contributed by atoms with Gasteiger partial charge in [0.2, 0.25) is 0 Å². The van der Waals surface area contributed by atoms with Crippen LogP contribution in [0.4, 0.5) is 0 Å². The minimum absolute atomic E-state index is 0.382. The van der Waals surface area contributed by atoms with Crippen LogP contribution in [0, 0.1) is 11.3 Å². The zero-order chi connectivity index (χ0) is 9.26. The Labute approximate surface area is 77.0 Å². The average molecular weight is 174 g/mol. The number of pyridine rings is 1. The lowest BCUT2D eigenvalue weighted by molar-refractivity contribution is 0.271. The summed E-state index contributed by atoms with van der Waals surface area (Å²) >= 11 is 0. The SMILES string of the molecule is CC1CCOc2ccnc(C#N)c21. The molecule has 0 fully saturated rings. The van der Waals surface area contributed by atoms with E-state index in [1.54, 1.807) is 6.20 Å². The molecule has 1 aromatic heterocycles. The highest BCUT2D eigenvalue weighted by atomic mass is 16.5. The standard InChI is InChI=1S/C10H10N2O/c1-7-3-5-13-9-2-4-12-8(6-11)10(7)9/h2,4,7H,3,5H2,1H3. The summed E-state index contributed by atoms with van der Waals surface area (Å²) in [6.07, 6.45) is 2.59. The van der Waals surface area contributed by atoms with Crippen molar-refractivity contribution < 1.29 is 4.74 Å². The molecule has 3 nitrogen and oxygen atoms in total. The Hall–Kier alpha value is -1.56. The van der Waals surface area contributed by atoms with Crippen molar-refractivity contribution in [2.45, 2.75) is 19.3 Å². The maximum atomic E-state index is 8.84. The van der Waals surface area contributed by atoms with Gasteiger partial charge in [0.05, 0.1) is 6.61 Å². The number of nitrogens with zero attached hydrogens (tertiary/aromatic N) is 2. The zero-order valence-corrected chi connectivity index (χ0v) is 7.45. The third kappa shape index (κ3) is 1.25. The maximum absolute atomic E-state index is 8.84. The molecule has 0 amide bonds. The number of ether oxygens (including phenoxy) is 1. The van der Waals surface area contributed by atoms with Gasteiger partial charge in [-0.05, 0) is 18.4 Å². The number of hydrogen-bond acceptors (Lipinski definition) is 3. The van der Waals surface area contributed by atoms with E-state index in [-0.39, 0.29) is 0 Å². The van der Waals surface area contributed by atoms with E-state index in [9.17, 15) is 0 Å². The van der Waals surface area contributed by atoms with Crippen LogP contribution in [-0.4, -0.2) is 11.6 Å². The van der Waals surface area contributed by atoms with E-state index in [4.69, 9.17) is 10.00 Å². The fourth-order valence-electron chi connectivity index (χ4n) is 1.64. The summed E-state index contributed by atoms with van der Waals surface area (Å²) in [7, 11) is 0. The van der Waals surface area contributed by atoms with Crippen LogP contribution in [0.25, 0.3) is 0 Å². The number of rotatable bonds is 0. The molecule has 3 heteroatoms. The highest BCUT2D eigenvalue weighted by Crippen LogP contribution is 2.34. The van der Waals surface area contributed by atoms with E-state index in [0.29, 0.717) is 11.6 Å². The first-order valence-electron chi connectivity index (χ1n) is 4.34. The summed E-state index contributed by atoms with van der Waals surface area (Å²) in [4.78, 5) is 4.02. The lowest BCUT2D eigenvalue weighted by Gasteiger charge is -2.22. The molecule has 13 heavy (non-hydrogen) atoms. The lowest BCUT2D eigenvalue weighted by Crippen LogP contribution is -2.14. The van der Waals surface area contributed by atoms with Crippen LogP contribution in [0.5, 0.6) is 5.75 Å². The van der Waals surface area contributed by atoms with Gasteiger partial charge in [0.25, 0.3) is 0 Å². The summed E-state index contributed by atoms with van der Waals surface area (Å²) in [5.41, 5.74) is 1.47. The van der Waals surface area contributed by atoms with Gasteiger partial charge in [-0.2, -0.15) is 5.26 Å². The first kappa shape index (κ1) is 8.06. The third-order valence-corrected chi connectivity index (χ3v) is 2.36. The Bertz CT molecular complexity index is 368. The third-order valence-electron chi connectivity index (χ3n) is 2.36. The molecule has 0 saturated heterocycles. The Balaban J connectivity index is 2.58. The summed E-state index contributed by atoms with van der Waals surface area (Å²) in [6, 6.07) is 3.92. The van der Waals surface area contributed by atoms with Gasteiger partial charge in [0.15, 0.2) is 0 Å². The molecule has 0 saturated carbocycles. The quantitative estimate of drug-likeness (QED) is 0.602. The summed E-state index contributed by atoms with van der Waals surface area (Å²) in [5, 5.41) is 8.84. The van der Waals surface area contributed by atoms with Gasteiger partial charge in [-0.25, -0.2) is 4.98 Å². The average Bonchev–Trinajstić information content (AvgIpc) is 2.17. The highest BCUT2D eigenvalue weighted by Gasteiger charge is 2.21. The predicted octanol–water partition coefficient (Wildman–Crippen LogP) is 1.84.